The topological polar surface area (TPSA) is 58.6 Å². The van der Waals surface area contributed by atoms with Gasteiger partial charge in [0, 0.05) is 12.1 Å². The molecule has 2 aromatic rings. The Labute approximate surface area is 123 Å². The van der Waals surface area contributed by atoms with E-state index < -0.39 is 0 Å². The van der Waals surface area contributed by atoms with Crippen molar-refractivity contribution in [2.75, 3.05) is 6.54 Å². The second-order valence-corrected chi connectivity index (χ2v) is 5.15. The summed E-state index contributed by atoms with van der Waals surface area (Å²) < 4.78 is 5.35. The summed E-state index contributed by atoms with van der Waals surface area (Å²) in [5, 5.41) is 12.1. The fourth-order valence-corrected chi connectivity index (χ4v) is 2.40. The van der Waals surface area contributed by atoms with Crippen LogP contribution in [0.4, 0.5) is 0 Å². The number of aromatic hydroxyl groups is 1. The van der Waals surface area contributed by atoms with Gasteiger partial charge in [-0.1, -0.05) is 18.2 Å². The molecule has 1 aliphatic rings. The lowest BCUT2D eigenvalue weighted by molar-refractivity contribution is 0.0954. The van der Waals surface area contributed by atoms with E-state index in [2.05, 4.69) is 5.32 Å². The van der Waals surface area contributed by atoms with Crippen molar-refractivity contribution in [1.29, 1.82) is 0 Å². The standard InChI is InChI=1S/C17H17NO3/c19-16-5-1-12(2-6-16)7-8-18-17(20)13-3-4-14-10-21-11-15(14)9-13/h1-6,9,19H,7-8,10-11H2,(H,18,20). The summed E-state index contributed by atoms with van der Waals surface area (Å²) in [6.07, 6.45) is 0.736. The highest BCUT2D eigenvalue weighted by atomic mass is 16.5. The number of rotatable bonds is 4. The lowest BCUT2D eigenvalue weighted by Crippen LogP contribution is -2.25. The van der Waals surface area contributed by atoms with E-state index in [4.69, 9.17) is 4.74 Å². The molecule has 2 N–H and O–H groups in total. The molecule has 0 saturated heterocycles. The summed E-state index contributed by atoms with van der Waals surface area (Å²) in [6, 6.07) is 12.7. The highest BCUT2D eigenvalue weighted by Gasteiger charge is 2.13. The van der Waals surface area contributed by atoms with Crippen molar-refractivity contribution in [3.63, 3.8) is 0 Å². The van der Waals surface area contributed by atoms with Gasteiger partial charge in [0.2, 0.25) is 0 Å². The third-order valence-electron chi connectivity index (χ3n) is 3.62. The van der Waals surface area contributed by atoms with E-state index in [1.54, 1.807) is 12.1 Å². The first-order chi connectivity index (χ1) is 10.2. The Kier molecular flexibility index (Phi) is 3.88. The average Bonchev–Trinajstić information content (AvgIpc) is 2.96. The Balaban J connectivity index is 1.55. The summed E-state index contributed by atoms with van der Waals surface area (Å²) in [7, 11) is 0. The molecular formula is C17H17NO3. The second kappa shape index (κ2) is 5.97. The number of carbonyl (C=O) groups is 1. The van der Waals surface area contributed by atoms with E-state index in [1.165, 1.54) is 0 Å². The zero-order chi connectivity index (χ0) is 14.7. The molecule has 0 bridgehead atoms. The van der Waals surface area contributed by atoms with Crippen molar-refractivity contribution < 1.29 is 14.6 Å². The third-order valence-corrected chi connectivity index (χ3v) is 3.62. The van der Waals surface area contributed by atoms with E-state index in [1.807, 2.05) is 30.3 Å². The minimum absolute atomic E-state index is 0.0662. The van der Waals surface area contributed by atoms with Gasteiger partial charge in [-0.15, -0.1) is 0 Å². The minimum atomic E-state index is -0.0662. The second-order valence-electron chi connectivity index (χ2n) is 5.15. The summed E-state index contributed by atoms with van der Waals surface area (Å²) in [5.74, 6) is 0.187. The van der Waals surface area contributed by atoms with Gasteiger partial charge in [-0.2, -0.15) is 0 Å². The number of phenolic OH excluding ortho intramolecular Hbond substituents is 1. The Bertz CT molecular complexity index is 650. The highest BCUT2D eigenvalue weighted by Crippen LogP contribution is 2.20. The zero-order valence-corrected chi connectivity index (χ0v) is 11.6. The number of nitrogens with one attached hydrogen (secondary N) is 1. The summed E-state index contributed by atoms with van der Waals surface area (Å²) in [4.78, 5) is 12.1. The molecule has 0 aliphatic carbocycles. The van der Waals surface area contributed by atoms with Gasteiger partial charge in [-0.3, -0.25) is 4.79 Å². The predicted molar refractivity (Wildman–Crippen MR) is 79.1 cm³/mol. The summed E-state index contributed by atoms with van der Waals surface area (Å²) in [5.41, 5.74) is 4.01. The van der Waals surface area contributed by atoms with E-state index in [-0.39, 0.29) is 11.7 Å². The van der Waals surface area contributed by atoms with Crippen molar-refractivity contribution in [2.24, 2.45) is 0 Å². The van der Waals surface area contributed by atoms with Gasteiger partial charge < -0.3 is 15.2 Å². The number of amides is 1. The molecule has 0 spiro atoms. The van der Waals surface area contributed by atoms with Gasteiger partial charge in [0.1, 0.15) is 5.75 Å². The molecule has 108 valence electrons. The van der Waals surface area contributed by atoms with Gasteiger partial charge in [0.25, 0.3) is 5.91 Å². The summed E-state index contributed by atoms with van der Waals surface area (Å²) >= 11 is 0. The fraction of sp³-hybridized carbons (Fsp3) is 0.235. The van der Waals surface area contributed by atoms with Crippen LogP contribution in [-0.4, -0.2) is 17.6 Å². The molecule has 2 aromatic carbocycles. The van der Waals surface area contributed by atoms with Crippen LogP contribution in [0.25, 0.3) is 0 Å². The van der Waals surface area contributed by atoms with Gasteiger partial charge >= 0.3 is 0 Å². The van der Waals surface area contributed by atoms with Crippen molar-refractivity contribution >= 4 is 5.91 Å². The zero-order valence-electron chi connectivity index (χ0n) is 11.6. The molecule has 1 aliphatic heterocycles. The maximum Gasteiger partial charge on any atom is 0.251 e. The van der Waals surface area contributed by atoms with Crippen LogP contribution in [0, 0.1) is 0 Å². The Morgan fingerprint density at radius 2 is 1.86 bits per heavy atom. The molecule has 4 nitrogen and oxygen atoms in total. The van der Waals surface area contributed by atoms with E-state index in [9.17, 15) is 9.90 Å². The summed E-state index contributed by atoms with van der Waals surface area (Å²) in [6.45, 7) is 1.79. The van der Waals surface area contributed by atoms with E-state index >= 15 is 0 Å². The normalized spacial score (nSPS) is 13.0. The van der Waals surface area contributed by atoms with Crippen molar-refractivity contribution in [3.05, 3.63) is 64.7 Å². The molecule has 0 fully saturated rings. The lowest BCUT2D eigenvalue weighted by Gasteiger charge is -2.07. The van der Waals surface area contributed by atoms with Crippen LogP contribution in [0.2, 0.25) is 0 Å². The molecule has 1 amide bonds. The molecule has 3 rings (SSSR count). The van der Waals surface area contributed by atoms with Crippen LogP contribution in [0.1, 0.15) is 27.0 Å². The van der Waals surface area contributed by atoms with Gasteiger partial charge in [-0.25, -0.2) is 0 Å². The fourth-order valence-electron chi connectivity index (χ4n) is 2.40. The first kappa shape index (κ1) is 13.6. The lowest BCUT2D eigenvalue weighted by atomic mass is 10.1. The molecule has 0 aromatic heterocycles. The number of hydrogen-bond acceptors (Lipinski definition) is 3. The van der Waals surface area contributed by atoms with Crippen LogP contribution in [0.3, 0.4) is 0 Å². The smallest absolute Gasteiger partial charge is 0.251 e. The van der Waals surface area contributed by atoms with E-state index in [0.717, 1.165) is 23.1 Å². The molecule has 0 atom stereocenters. The molecule has 0 unspecified atom stereocenters. The largest absolute Gasteiger partial charge is 0.508 e. The van der Waals surface area contributed by atoms with Crippen molar-refractivity contribution in [3.8, 4) is 5.75 Å². The van der Waals surface area contributed by atoms with Crippen LogP contribution >= 0.6 is 0 Å². The molecule has 0 saturated carbocycles. The average molecular weight is 283 g/mol. The first-order valence-corrected chi connectivity index (χ1v) is 6.98. The maximum absolute atomic E-state index is 12.1. The quantitative estimate of drug-likeness (QED) is 0.906. The van der Waals surface area contributed by atoms with Crippen LogP contribution in [0.15, 0.2) is 42.5 Å². The Morgan fingerprint density at radius 1 is 1.10 bits per heavy atom. The van der Waals surface area contributed by atoms with Gasteiger partial charge in [0.15, 0.2) is 0 Å². The van der Waals surface area contributed by atoms with E-state index in [0.29, 0.717) is 25.3 Å². The number of carbonyl (C=O) groups excluding carboxylic acids is 1. The minimum Gasteiger partial charge on any atom is -0.508 e. The van der Waals surface area contributed by atoms with Gasteiger partial charge in [-0.05, 0) is 47.4 Å². The molecular weight excluding hydrogens is 266 g/mol. The monoisotopic (exact) mass is 283 g/mol. The Morgan fingerprint density at radius 3 is 2.67 bits per heavy atom. The highest BCUT2D eigenvalue weighted by molar-refractivity contribution is 5.94. The predicted octanol–water partition coefficient (Wildman–Crippen LogP) is 2.39. The Hall–Kier alpha value is -2.33. The maximum atomic E-state index is 12.1. The number of fused-ring (bicyclic) bond motifs is 1. The van der Waals surface area contributed by atoms with Gasteiger partial charge in [0.05, 0.1) is 13.2 Å². The third kappa shape index (κ3) is 3.23. The van der Waals surface area contributed by atoms with Crippen LogP contribution in [-0.2, 0) is 24.4 Å². The number of benzene rings is 2. The molecule has 4 heteroatoms. The number of ether oxygens (including phenoxy) is 1. The SMILES string of the molecule is O=C(NCCc1ccc(O)cc1)c1ccc2c(c1)COC2. The van der Waals surface area contributed by atoms with Crippen LogP contribution in [0.5, 0.6) is 5.75 Å². The van der Waals surface area contributed by atoms with Crippen molar-refractivity contribution in [1.82, 2.24) is 5.32 Å². The molecule has 21 heavy (non-hydrogen) atoms. The molecule has 1 heterocycles. The van der Waals surface area contributed by atoms with Crippen LogP contribution < -0.4 is 5.32 Å². The number of hydrogen-bond donors (Lipinski definition) is 2. The first-order valence-electron chi connectivity index (χ1n) is 6.98. The molecule has 0 radical (unpaired) electrons. The number of phenols is 1. The van der Waals surface area contributed by atoms with Crippen molar-refractivity contribution in [2.45, 2.75) is 19.6 Å².